The summed E-state index contributed by atoms with van der Waals surface area (Å²) in [6.45, 7) is 5.82. The van der Waals surface area contributed by atoms with Crippen LogP contribution in [0.4, 0.5) is 0 Å². The van der Waals surface area contributed by atoms with Crippen molar-refractivity contribution in [3.05, 3.63) is 64.0 Å². The maximum atomic E-state index is 12.0. The van der Waals surface area contributed by atoms with Crippen molar-refractivity contribution in [1.82, 2.24) is 15.5 Å². The predicted octanol–water partition coefficient (Wildman–Crippen LogP) is 4.01. The molecule has 0 bridgehead atoms. The number of nitrogens with one attached hydrogen (secondary N) is 1. The summed E-state index contributed by atoms with van der Waals surface area (Å²) in [5.74, 6) is 1.14. The van der Waals surface area contributed by atoms with Crippen molar-refractivity contribution in [3.8, 4) is 17.1 Å². The van der Waals surface area contributed by atoms with E-state index in [4.69, 9.17) is 20.9 Å². The fourth-order valence-electron chi connectivity index (χ4n) is 2.51. The molecule has 0 atom stereocenters. The quantitative estimate of drug-likeness (QED) is 0.693. The Morgan fingerprint density at radius 1 is 1.15 bits per heavy atom. The molecule has 7 heteroatoms. The van der Waals surface area contributed by atoms with Crippen LogP contribution in [0.1, 0.15) is 22.6 Å². The first-order chi connectivity index (χ1) is 12.9. The molecule has 0 aliphatic heterocycles. The van der Waals surface area contributed by atoms with Gasteiger partial charge in [-0.25, -0.2) is 0 Å². The number of nitrogens with zero attached hydrogens (tertiary/aromatic N) is 2. The Kier molecular flexibility index (Phi) is 5.76. The monoisotopic (exact) mass is 385 g/mol. The highest BCUT2D eigenvalue weighted by atomic mass is 35.5. The van der Waals surface area contributed by atoms with Crippen molar-refractivity contribution in [1.29, 1.82) is 0 Å². The number of benzene rings is 2. The van der Waals surface area contributed by atoms with Gasteiger partial charge in [0.25, 0.3) is 5.91 Å². The smallest absolute Gasteiger partial charge is 0.258 e. The SMILES string of the molecule is Cc1ccc(-c2noc(CNC(=O)COc3cc(C)c(Cl)c(C)c3)n2)cc1. The van der Waals surface area contributed by atoms with Gasteiger partial charge in [0, 0.05) is 10.6 Å². The second-order valence-electron chi connectivity index (χ2n) is 6.31. The maximum Gasteiger partial charge on any atom is 0.258 e. The van der Waals surface area contributed by atoms with E-state index in [9.17, 15) is 4.79 Å². The summed E-state index contributed by atoms with van der Waals surface area (Å²) in [4.78, 5) is 16.3. The average molecular weight is 386 g/mol. The van der Waals surface area contributed by atoms with Crippen molar-refractivity contribution < 1.29 is 14.1 Å². The minimum Gasteiger partial charge on any atom is -0.484 e. The first kappa shape index (κ1) is 18.9. The van der Waals surface area contributed by atoms with Crippen molar-refractivity contribution >= 4 is 17.5 Å². The van der Waals surface area contributed by atoms with E-state index < -0.39 is 0 Å². The Labute approximate surface area is 162 Å². The number of halogens is 1. The second kappa shape index (κ2) is 8.22. The molecule has 3 rings (SSSR count). The lowest BCUT2D eigenvalue weighted by molar-refractivity contribution is -0.123. The Bertz CT molecular complexity index is 928. The van der Waals surface area contributed by atoms with Crippen LogP contribution in [-0.2, 0) is 11.3 Å². The van der Waals surface area contributed by atoms with Crippen molar-refractivity contribution in [2.45, 2.75) is 27.3 Å². The second-order valence-corrected chi connectivity index (χ2v) is 6.69. The molecule has 0 saturated carbocycles. The van der Waals surface area contributed by atoms with Gasteiger partial charge in [-0.3, -0.25) is 4.79 Å². The lowest BCUT2D eigenvalue weighted by Crippen LogP contribution is -2.28. The van der Waals surface area contributed by atoms with E-state index in [1.807, 2.05) is 45.0 Å². The Morgan fingerprint density at radius 2 is 1.81 bits per heavy atom. The molecule has 0 radical (unpaired) electrons. The van der Waals surface area contributed by atoms with E-state index in [1.165, 1.54) is 0 Å². The van der Waals surface area contributed by atoms with Gasteiger partial charge in [0.05, 0.1) is 6.54 Å². The van der Waals surface area contributed by atoms with Crippen LogP contribution in [0.25, 0.3) is 11.4 Å². The number of amides is 1. The zero-order chi connectivity index (χ0) is 19.4. The highest BCUT2D eigenvalue weighted by Gasteiger charge is 2.11. The molecule has 1 amide bonds. The molecule has 1 aromatic heterocycles. The van der Waals surface area contributed by atoms with Gasteiger partial charge in [0.15, 0.2) is 6.61 Å². The first-order valence-corrected chi connectivity index (χ1v) is 8.86. The summed E-state index contributed by atoms with van der Waals surface area (Å²) < 4.78 is 10.7. The largest absolute Gasteiger partial charge is 0.484 e. The fourth-order valence-corrected chi connectivity index (χ4v) is 2.62. The molecule has 0 unspecified atom stereocenters. The molecule has 0 saturated heterocycles. The maximum absolute atomic E-state index is 12.0. The number of carbonyl (C=O) groups excluding carboxylic acids is 1. The summed E-state index contributed by atoms with van der Waals surface area (Å²) in [6, 6.07) is 11.4. The lowest BCUT2D eigenvalue weighted by atomic mass is 10.1. The van der Waals surface area contributed by atoms with Gasteiger partial charge in [-0.05, 0) is 44.0 Å². The molecule has 140 valence electrons. The Balaban J connectivity index is 1.52. The molecular weight excluding hydrogens is 366 g/mol. The van der Waals surface area contributed by atoms with Crippen LogP contribution in [0.2, 0.25) is 5.02 Å². The first-order valence-electron chi connectivity index (χ1n) is 8.48. The van der Waals surface area contributed by atoms with Gasteiger partial charge in [-0.1, -0.05) is 46.6 Å². The van der Waals surface area contributed by atoms with Gasteiger partial charge in [-0.2, -0.15) is 4.98 Å². The number of ether oxygens (including phenoxy) is 1. The number of rotatable bonds is 6. The highest BCUT2D eigenvalue weighted by molar-refractivity contribution is 6.32. The zero-order valence-corrected chi connectivity index (χ0v) is 16.1. The van der Waals surface area contributed by atoms with Crippen molar-refractivity contribution in [2.24, 2.45) is 0 Å². The predicted molar refractivity (Wildman–Crippen MR) is 103 cm³/mol. The van der Waals surface area contributed by atoms with Gasteiger partial charge in [-0.15, -0.1) is 0 Å². The standard InChI is InChI=1S/C20H20ClN3O3/c1-12-4-6-15(7-5-12)20-23-18(27-24-20)10-22-17(25)11-26-16-8-13(2)19(21)14(3)9-16/h4-9H,10-11H2,1-3H3,(H,22,25). The summed E-state index contributed by atoms with van der Waals surface area (Å²) >= 11 is 6.13. The number of hydrogen-bond acceptors (Lipinski definition) is 5. The molecule has 1 N–H and O–H groups in total. The van der Waals surface area contributed by atoms with E-state index in [2.05, 4.69) is 15.5 Å². The van der Waals surface area contributed by atoms with Crippen LogP contribution in [-0.4, -0.2) is 22.7 Å². The molecule has 27 heavy (non-hydrogen) atoms. The molecule has 6 nitrogen and oxygen atoms in total. The van der Waals surface area contributed by atoms with Gasteiger partial charge in [0.2, 0.25) is 11.7 Å². The Hall–Kier alpha value is -2.86. The number of aryl methyl sites for hydroxylation is 3. The molecule has 2 aromatic carbocycles. The number of aromatic nitrogens is 2. The minimum absolute atomic E-state index is 0.112. The van der Waals surface area contributed by atoms with Crippen LogP contribution in [0.3, 0.4) is 0 Å². The van der Waals surface area contributed by atoms with Crippen LogP contribution < -0.4 is 10.1 Å². The Morgan fingerprint density at radius 3 is 2.48 bits per heavy atom. The summed E-state index contributed by atoms with van der Waals surface area (Å²) in [5.41, 5.74) is 3.82. The molecule has 0 aliphatic carbocycles. The number of carbonyl (C=O) groups is 1. The summed E-state index contributed by atoms with van der Waals surface area (Å²) in [7, 11) is 0. The molecule has 0 fully saturated rings. The fraction of sp³-hybridized carbons (Fsp3) is 0.250. The normalized spacial score (nSPS) is 10.7. The molecule has 3 aromatic rings. The molecule has 0 aliphatic rings. The lowest BCUT2D eigenvalue weighted by Gasteiger charge is -2.09. The van der Waals surface area contributed by atoms with E-state index in [1.54, 1.807) is 12.1 Å². The van der Waals surface area contributed by atoms with Crippen LogP contribution >= 0.6 is 11.6 Å². The average Bonchev–Trinajstić information content (AvgIpc) is 3.12. The van der Waals surface area contributed by atoms with E-state index in [-0.39, 0.29) is 19.1 Å². The van der Waals surface area contributed by atoms with Gasteiger partial charge >= 0.3 is 0 Å². The molecule has 1 heterocycles. The van der Waals surface area contributed by atoms with Crippen LogP contribution in [0.15, 0.2) is 40.9 Å². The summed E-state index contributed by atoms with van der Waals surface area (Å²) in [6.07, 6.45) is 0. The third-order valence-electron chi connectivity index (χ3n) is 3.99. The third-order valence-corrected chi connectivity index (χ3v) is 4.59. The van der Waals surface area contributed by atoms with Crippen molar-refractivity contribution in [3.63, 3.8) is 0 Å². The highest BCUT2D eigenvalue weighted by Crippen LogP contribution is 2.25. The molecular formula is C20H20ClN3O3. The van der Waals surface area contributed by atoms with E-state index >= 15 is 0 Å². The van der Waals surface area contributed by atoms with E-state index in [0.717, 1.165) is 22.3 Å². The van der Waals surface area contributed by atoms with E-state index in [0.29, 0.717) is 22.5 Å². The van der Waals surface area contributed by atoms with Crippen molar-refractivity contribution in [2.75, 3.05) is 6.61 Å². The topological polar surface area (TPSA) is 77.2 Å². The summed E-state index contributed by atoms with van der Waals surface area (Å²) in [5, 5.41) is 7.33. The molecule has 0 spiro atoms. The van der Waals surface area contributed by atoms with Gasteiger partial charge in [0.1, 0.15) is 5.75 Å². The van der Waals surface area contributed by atoms with Gasteiger partial charge < -0.3 is 14.6 Å². The zero-order valence-electron chi connectivity index (χ0n) is 15.4. The number of hydrogen-bond donors (Lipinski definition) is 1. The minimum atomic E-state index is -0.282. The van der Waals surface area contributed by atoms with Crippen LogP contribution in [0, 0.1) is 20.8 Å². The third kappa shape index (κ3) is 4.86. The van der Waals surface area contributed by atoms with Crippen LogP contribution in [0.5, 0.6) is 5.75 Å².